The predicted octanol–water partition coefficient (Wildman–Crippen LogP) is 2.71. The Morgan fingerprint density at radius 3 is 2.52 bits per heavy atom. The van der Waals surface area contributed by atoms with Crippen LogP contribution in [0.15, 0.2) is 23.1 Å². The van der Waals surface area contributed by atoms with Crippen molar-refractivity contribution in [1.82, 2.24) is 10.0 Å². The van der Waals surface area contributed by atoms with Crippen LogP contribution < -0.4 is 10.0 Å². The van der Waals surface area contributed by atoms with Crippen molar-refractivity contribution >= 4 is 10.0 Å². The average molecular weight is 310 g/mol. The molecule has 2 rings (SSSR count). The van der Waals surface area contributed by atoms with Crippen LogP contribution in [0.5, 0.6) is 0 Å². The molecule has 0 aromatic heterocycles. The monoisotopic (exact) mass is 310 g/mol. The molecule has 1 aliphatic carbocycles. The minimum Gasteiger partial charge on any atom is -0.310 e. The lowest BCUT2D eigenvalue weighted by atomic mass is 10.1. The van der Waals surface area contributed by atoms with Gasteiger partial charge < -0.3 is 5.32 Å². The van der Waals surface area contributed by atoms with Gasteiger partial charge in [-0.3, -0.25) is 0 Å². The number of hydrogen-bond donors (Lipinski definition) is 2. The van der Waals surface area contributed by atoms with Crippen LogP contribution in [0.2, 0.25) is 0 Å². The van der Waals surface area contributed by atoms with Gasteiger partial charge in [0.25, 0.3) is 0 Å². The normalized spacial score (nSPS) is 16.8. The molecular formula is C16H26N2O2S. The number of hydrogen-bond acceptors (Lipinski definition) is 3. The third-order valence-electron chi connectivity index (χ3n) is 4.01. The summed E-state index contributed by atoms with van der Waals surface area (Å²) in [4.78, 5) is 0.376. The molecule has 4 nitrogen and oxygen atoms in total. The third kappa shape index (κ3) is 4.53. The topological polar surface area (TPSA) is 58.2 Å². The standard InChI is InChI=1S/C16H26N2O2S/c1-12(2)17-11-14-10-16(9-8-13(14)3)21(19,20)18-15-6-4-5-7-15/h8-10,12,15,17-18H,4-7,11H2,1-3H3. The summed E-state index contributed by atoms with van der Waals surface area (Å²) in [5.41, 5.74) is 2.15. The first kappa shape index (κ1) is 16.5. The van der Waals surface area contributed by atoms with Gasteiger partial charge in [-0.05, 0) is 43.0 Å². The molecule has 1 fully saturated rings. The summed E-state index contributed by atoms with van der Waals surface area (Å²) in [6.45, 7) is 6.86. The van der Waals surface area contributed by atoms with Gasteiger partial charge in [-0.2, -0.15) is 0 Å². The van der Waals surface area contributed by atoms with Crippen LogP contribution in [0.25, 0.3) is 0 Å². The molecule has 0 heterocycles. The van der Waals surface area contributed by atoms with Crippen LogP contribution in [0.1, 0.15) is 50.7 Å². The highest BCUT2D eigenvalue weighted by molar-refractivity contribution is 7.89. The van der Waals surface area contributed by atoms with E-state index >= 15 is 0 Å². The zero-order chi connectivity index (χ0) is 15.5. The molecule has 2 N–H and O–H groups in total. The Labute approximate surface area is 128 Å². The summed E-state index contributed by atoms with van der Waals surface area (Å²) in [5.74, 6) is 0. The van der Waals surface area contributed by atoms with E-state index in [-0.39, 0.29) is 6.04 Å². The first-order valence-corrected chi connectivity index (χ1v) is 9.22. The minimum absolute atomic E-state index is 0.105. The van der Waals surface area contributed by atoms with E-state index in [0.29, 0.717) is 17.5 Å². The van der Waals surface area contributed by atoms with Crippen LogP contribution in [0.4, 0.5) is 0 Å². The molecular weight excluding hydrogens is 284 g/mol. The second-order valence-electron chi connectivity index (χ2n) is 6.23. The zero-order valence-corrected chi connectivity index (χ0v) is 14.0. The average Bonchev–Trinajstić information content (AvgIpc) is 2.89. The fraction of sp³-hybridized carbons (Fsp3) is 0.625. The lowest BCUT2D eigenvalue weighted by Gasteiger charge is -2.15. The van der Waals surface area contributed by atoms with Crippen molar-refractivity contribution in [3.05, 3.63) is 29.3 Å². The molecule has 0 aliphatic heterocycles. The third-order valence-corrected chi connectivity index (χ3v) is 5.53. The van der Waals surface area contributed by atoms with E-state index in [2.05, 4.69) is 23.9 Å². The Morgan fingerprint density at radius 1 is 1.24 bits per heavy atom. The van der Waals surface area contributed by atoms with Crippen molar-refractivity contribution in [3.63, 3.8) is 0 Å². The largest absolute Gasteiger partial charge is 0.310 e. The van der Waals surface area contributed by atoms with Gasteiger partial charge in [0.2, 0.25) is 10.0 Å². The van der Waals surface area contributed by atoms with Crippen LogP contribution in [0, 0.1) is 6.92 Å². The Kier molecular flexibility index (Phi) is 5.41. The highest BCUT2D eigenvalue weighted by atomic mass is 32.2. The zero-order valence-electron chi connectivity index (χ0n) is 13.1. The van der Waals surface area contributed by atoms with Crippen molar-refractivity contribution in [1.29, 1.82) is 0 Å². The van der Waals surface area contributed by atoms with Gasteiger partial charge in [-0.15, -0.1) is 0 Å². The second kappa shape index (κ2) is 6.90. The summed E-state index contributed by atoms with van der Waals surface area (Å²) in [6.07, 6.45) is 4.13. The van der Waals surface area contributed by atoms with Crippen molar-refractivity contribution in [2.45, 2.75) is 70.0 Å². The Hall–Kier alpha value is -0.910. The maximum atomic E-state index is 12.5. The van der Waals surface area contributed by atoms with E-state index in [9.17, 15) is 8.42 Å². The van der Waals surface area contributed by atoms with E-state index in [4.69, 9.17) is 0 Å². The molecule has 0 radical (unpaired) electrons. The van der Waals surface area contributed by atoms with Crippen molar-refractivity contribution in [3.8, 4) is 0 Å². The second-order valence-corrected chi connectivity index (χ2v) is 7.94. The maximum Gasteiger partial charge on any atom is 0.240 e. The van der Waals surface area contributed by atoms with Gasteiger partial charge in [-0.25, -0.2) is 13.1 Å². The smallest absolute Gasteiger partial charge is 0.240 e. The number of rotatable bonds is 6. The molecule has 0 amide bonds. The summed E-state index contributed by atoms with van der Waals surface area (Å²) in [6, 6.07) is 5.86. The fourth-order valence-electron chi connectivity index (χ4n) is 2.65. The van der Waals surface area contributed by atoms with Gasteiger partial charge in [0, 0.05) is 18.6 Å². The number of nitrogens with one attached hydrogen (secondary N) is 2. The molecule has 0 bridgehead atoms. The number of sulfonamides is 1. The van der Waals surface area contributed by atoms with Gasteiger partial charge in [0.05, 0.1) is 4.90 Å². The van der Waals surface area contributed by atoms with Gasteiger partial charge >= 0.3 is 0 Å². The molecule has 1 aromatic carbocycles. The number of benzene rings is 1. The first-order chi connectivity index (χ1) is 9.88. The Balaban J connectivity index is 2.16. The molecule has 5 heteroatoms. The Morgan fingerprint density at radius 2 is 1.90 bits per heavy atom. The molecule has 21 heavy (non-hydrogen) atoms. The van der Waals surface area contributed by atoms with E-state index in [1.807, 2.05) is 13.0 Å². The molecule has 1 saturated carbocycles. The maximum absolute atomic E-state index is 12.5. The Bertz CT molecular complexity index is 576. The van der Waals surface area contributed by atoms with E-state index in [0.717, 1.165) is 36.8 Å². The van der Waals surface area contributed by atoms with Gasteiger partial charge in [0.15, 0.2) is 0 Å². The van der Waals surface area contributed by atoms with Crippen LogP contribution >= 0.6 is 0 Å². The highest BCUT2D eigenvalue weighted by Crippen LogP contribution is 2.21. The van der Waals surface area contributed by atoms with Crippen LogP contribution in [0.3, 0.4) is 0 Å². The number of aryl methyl sites for hydroxylation is 1. The molecule has 1 aliphatic rings. The highest BCUT2D eigenvalue weighted by Gasteiger charge is 2.23. The van der Waals surface area contributed by atoms with Crippen molar-refractivity contribution < 1.29 is 8.42 Å². The van der Waals surface area contributed by atoms with Crippen molar-refractivity contribution in [2.24, 2.45) is 0 Å². The van der Waals surface area contributed by atoms with Gasteiger partial charge in [-0.1, -0.05) is 32.8 Å². The summed E-state index contributed by atoms with van der Waals surface area (Å²) >= 11 is 0. The van der Waals surface area contributed by atoms with Crippen LogP contribution in [-0.4, -0.2) is 20.5 Å². The summed E-state index contributed by atoms with van der Waals surface area (Å²) in [7, 11) is -3.40. The van der Waals surface area contributed by atoms with E-state index < -0.39 is 10.0 Å². The minimum atomic E-state index is -3.40. The first-order valence-electron chi connectivity index (χ1n) is 7.74. The fourth-order valence-corrected chi connectivity index (χ4v) is 4.01. The molecule has 118 valence electrons. The SMILES string of the molecule is Cc1ccc(S(=O)(=O)NC2CCCC2)cc1CNC(C)C. The summed E-state index contributed by atoms with van der Waals surface area (Å²) in [5, 5.41) is 3.34. The molecule has 0 saturated heterocycles. The molecule has 0 unspecified atom stereocenters. The van der Waals surface area contributed by atoms with Crippen molar-refractivity contribution in [2.75, 3.05) is 0 Å². The molecule has 1 aromatic rings. The summed E-state index contributed by atoms with van der Waals surface area (Å²) < 4.78 is 27.8. The predicted molar refractivity (Wildman–Crippen MR) is 85.7 cm³/mol. The lowest BCUT2D eigenvalue weighted by Crippen LogP contribution is -2.32. The van der Waals surface area contributed by atoms with Crippen LogP contribution in [-0.2, 0) is 16.6 Å². The lowest BCUT2D eigenvalue weighted by molar-refractivity contribution is 0.551. The van der Waals surface area contributed by atoms with Gasteiger partial charge in [0.1, 0.15) is 0 Å². The molecule has 0 spiro atoms. The quantitative estimate of drug-likeness (QED) is 0.849. The van der Waals surface area contributed by atoms with E-state index in [1.54, 1.807) is 12.1 Å². The molecule has 0 atom stereocenters. The van der Waals surface area contributed by atoms with E-state index in [1.165, 1.54) is 0 Å².